The number of Topliss-reactive ketones (excluding diaryl/α,β-unsaturated/α-hetero) is 2. The Hall–Kier alpha value is -1.66. The molecule has 0 aliphatic heterocycles. The van der Waals surface area contributed by atoms with Crippen LogP contribution < -0.4 is 0 Å². The first-order chi connectivity index (χ1) is 11.7. The Labute approximate surface area is 149 Å². The van der Waals surface area contributed by atoms with E-state index in [0.717, 1.165) is 25.3 Å². The lowest BCUT2D eigenvalue weighted by Gasteiger charge is -2.28. The van der Waals surface area contributed by atoms with E-state index in [4.69, 9.17) is 16.3 Å². The van der Waals surface area contributed by atoms with E-state index in [9.17, 15) is 18.4 Å². The van der Waals surface area contributed by atoms with Gasteiger partial charge in [0.2, 0.25) is 0 Å². The number of rotatable bonds is 5. The van der Waals surface area contributed by atoms with Crippen LogP contribution in [0.5, 0.6) is 0 Å². The average Bonchev–Trinajstić information content (AvgIpc) is 2.99. The Morgan fingerprint density at radius 2 is 2.08 bits per heavy atom. The number of ether oxygens (including phenoxy) is 1. The maximum atomic E-state index is 13.3. The van der Waals surface area contributed by atoms with Gasteiger partial charge >= 0.3 is 5.38 Å². The average molecular weight is 370 g/mol. The van der Waals surface area contributed by atoms with Crippen LogP contribution in [0.4, 0.5) is 8.78 Å². The molecule has 2 saturated carbocycles. The third kappa shape index (κ3) is 3.25. The predicted molar refractivity (Wildman–Crippen MR) is 87.5 cm³/mol. The number of pyridine rings is 1. The van der Waals surface area contributed by atoms with Gasteiger partial charge in [0, 0.05) is 18.6 Å². The molecule has 3 unspecified atom stereocenters. The van der Waals surface area contributed by atoms with Gasteiger partial charge < -0.3 is 4.74 Å². The first kappa shape index (κ1) is 18.1. The van der Waals surface area contributed by atoms with Gasteiger partial charge in [-0.25, -0.2) is 4.98 Å². The first-order valence-electron chi connectivity index (χ1n) is 8.06. The van der Waals surface area contributed by atoms with Gasteiger partial charge in [-0.2, -0.15) is 8.78 Å². The molecule has 4 nitrogen and oxygen atoms in total. The Bertz CT molecular complexity index is 722. The molecule has 1 heterocycles. The zero-order valence-corrected chi connectivity index (χ0v) is 14.5. The molecule has 7 heteroatoms. The van der Waals surface area contributed by atoms with Crippen LogP contribution in [0.1, 0.15) is 41.0 Å². The summed E-state index contributed by atoms with van der Waals surface area (Å²) in [7, 11) is 1.37. The van der Waals surface area contributed by atoms with E-state index in [2.05, 4.69) is 11.6 Å². The molecular weight excluding hydrogens is 352 g/mol. The fourth-order valence-electron chi connectivity index (χ4n) is 3.81. The molecule has 25 heavy (non-hydrogen) atoms. The summed E-state index contributed by atoms with van der Waals surface area (Å²) < 4.78 is 31.6. The van der Waals surface area contributed by atoms with Crippen molar-refractivity contribution in [1.82, 2.24) is 4.98 Å². The quantitative estimate of drug-likeness (QED) is 0.342. The van der Waals surface area contributed by atoms with Crippen molar-refractivity contribution in [2.45, 2.75) is 31.3 Å². The minimum Gasteiger partial charge on any atom is -0.378 e. The second kappa shape index (κ2) is 6.57. The summed E-state index contributed by atoms with van der Waals surface area (Å²) in [5, 5.41) is -3.65. The number of fused-ring (bicyclic) bond motifs is 2. The Morgan fingerprint density at radius 1 is 1.40 bits per heavy atom. The standard InChI is InChI=1S/C18H18ClF2NO3/c1-9-10-3-4-11(7-10)16(23)15(9)17(24)12-5-6-14(18(19,20)21)22-13(12)8-25-2/h5-6,10-11,15H,1,3-4,7-8H2,2H3. The molecule has 134 valence electrons. The summed E-state index contributed by atoms with van der Waals surface area (Å²) in [6.07, 6.45) is 2.38. The van der Waals surface area contributed by atoms with Crippen LogP contribution in [0.15, 0.2) is 24.3 Å². The smallest absolute Gasteiger partial charge is 0.364 e. The Kier molecular flexibility index (Phi) is 4.77. The normalized spacial score (nSPS) is 26.2. The van der Waals surface area contributed by atoms with Crippen molar-refractivity contribution in [3.63, 3.8) is 0 Å². The maximum Gasteiger partial charge on any atom is 0.364 e. The third-order valence-corrected chi connectivity index (χ3v) is 5.28. The molecule has 3 rings (SSSR count). The number of hydrogen-bond donors (Lipinski definition) is 0. The number of allylic oxidation sites excluding steroid dienone is 1. The van der Waals surface area contributed by atoms with Gasteiger partial charge in [0.05, 0.1) is 12.3 Å². The number of carbonyl (C=O) groups excluding carboxylic acids is 2. The molecule has 1 aromatic rings. The van der Waals surface area contributed by atoms with Gasteiger partial charge in [0.1, 0.15) is 11.6 Å². The molecule has 0 radical (unpaired) electrons. The lowest BCUT2D eigenvalue weighted by molar-refractivity contribution is -0.125. The lowest BCUT2D eigenvalue weighted by Crippen LogP contribution is -2.36. The summed E-state index contributed by atoms with van der Waals surface area (Å²) >= 11 is 5.01. The molecule has 2 fully saturated rings. The lowest BCUT2D eigenvalue weighted by atomic mass is 9.73. The van der Waals surface area contributed by atoms with E-state index in [1.807, 2.05) is 0 Å². The zero-order chi connectivity index (χ0) is 18.4. The number of aromatic nitrogens is 1. The van der Waals surface area contributed by atoms with E-state index < -0.39 is 22.8 Å². The summed E-state index contributed by atoms with van der Waals surface area (Å²) in [5.41, 5.74) is 0.113. The van der Waals surface area contributed by atoms with Crippen LogP contribution in [-0.2, 0) is 21.5 Å². The van der Waals surface area contributed by atoms with Gasteiger partial charge in [-0.05, 0) is 48.9 Å². The molecule has 0 N–H and O–H groups in total. The Morgan fingerprint density at radius 3 is 2.72 bits per heavy atom. The van der Waals surface area contributed by atoms with Gasteiger partial charge in [-0.3, -0.25) is 9.59 Å². The molecule has 0 saturated heterocycles. The molecule has 3 atom stereocenters. The van der Waals surface area contributed by atoms with Crippen molar-refractivity contribution in [1.29, 1.82) is 0 Å². The molecule has 0 aromatic carbocycles. The fourth-order valence-corrected chi connectivity index (χ4v) is 3.92. The highest BCUT2D eigenvalue weighted by molar-refractivity contribution is 6.21. The van der Waals surface area contributed by atoms with Crippen LogP contribution in [0.25, 0.3) is 0 Å². The number of alkyl halides is 3. The molecule has 2 aliphatic carbocycles. The highest BCUT2D eigenvalue weighted by Gasteiger charge is 2.47. The van der Waals surface area contributed by atoms with Crippen LogP contribution in [0, 0.1) is 17.8 Å². The summed E-state index contributed by atoms with van der Waals surface area (Å²) in [5.74, 6) is -1.45. The van der Waals surface area contributed by atoms with Crippen molar-refractivity contribution in [3.8, 4) is 0 Å². The second-order valence-electron chi connectivity index (χ2n) is 6.60. The number of hydrogen-bond acceptors (Lipinski definition) is 4. The SMILES string of the molecule is C=C1C2CCC(C2)C(=O)C1C(=O)c1ccc(C(F)(F)Cl)nc1COC. The van der Waals surface area contributed by atoms with Crippen LogP contribution in [0.3, 0.4) is 0 Å². The number of halogens is 3. The maximum absolute atomic E-state index is 13.3. The van der Waals surface area contributed by atoms with E-state index >= 15 is 0 Å². The van der Waals surface area contributed by atoms with Crippen molar-refractivity contribution in [2.24, 2.45) is 17.8 Å². The third-order valence-electron chi connectivity index (χ3n) is 5.09. The minimum absolute atomic E-state index is 0.0452. The number of methoxy groups -OCH3 is 1. The van der Waals surface area contributed by atoms with Gasteiger partial charge in [0.25, 0.3) is 0 Å². The van der Waals surface area contributed by atoms with E-state index in [1.165, 1.54) is 13.2 Å². The van der Waals surface area contributed by atoms with Crippen LogP contribution in [-0.4, -0.2) is 23.7 Å². The molecule has 1 aromatic heterocycles. The van der Waals surface area contributed by atoms with Crippen LogP contribution in [0.2, 0.25) is 0 Å². The molecule has 0 amide bonds. The predicted octanol–water partition coefficient (Wildman–Crippen LogP) is 3.87. The minimum atomic E-state index is -3.65. The van der Waals surface area contributed by atoms with E-state index in [-0.39, 0.29) is 35.5 Å². The van der Waals surface area contributed by atoms with Gasteiger partial charge in [0.15, 0.2) is 11.6 Å². The first-order valence-corrected chi connectivity index (χ1v) is 8.44. The van der Waals surface area contributed by atoms with Crippen molar-refractivity contribution in [2.75, 3.05) is 7.11 Å². The summed E-state index contributed by atoms with van der Waals surface area (Å²) in [4.78, 5) is 29.4. The zero-order valence-electron chi connectivity index (χ0n) is 13.7. The van der Waals surface area contributed by atoms with E-state index in [0.29, 0.717) is 5.57 Å². The molecule has 2 aliphatic rings. The molecular formula is C18H18ClF2NO3. The topological polar surface area (TPSA) is 56.3 Å². The highest BCUT2D eigenvalue weighted by Crippen LogP contribution is 2.46. The van der Waals surface area contributed by atoms with E-state index in [1.54, 1.807) is 0 Å². The van der Waals surface area contributed by atoms with Crippen molar-refractivity contribution < 1.29 is 23.1 Å². The fraction of sp³-hybridized carbons (Fsp3) is 0.500. The van der Waals surface area contributed by atoms with Crippen LogP contribution >= 0.6 is 11.6 Å². The largest absolute Gasteiger partial charge is 0.378 e. The van der Waals surface area contributed by atoms with Gasteiger partial charge in [-0.15, -0.1) is 0 Å². The van der Waals surface area contributed by atoms with Gasteiger partial charge in [-0.1, -0.05) is 12.2 Å². The summed E-state index contributed by atoms with van der Waals surface area (Å²) in [6, 6.07) is 2.25. The number of ketones is 2. The highest BCUT2D eigenvalue weighted by atomic mass is 35.5. The second-order valence-corrected chi connectivity index (χ2v) is 7.08. The monoisotopic (exact) mass is 369 g/mol. The molecule has 2 bridgehead atoms. The summed E-state index contributed by atoms with van der Waals surface area (Å²) in [6.45, 7) is 3.83. The van der Waals surface area contributed by atoms with Crippen molar-refractivity contribution in [3.05, 3.63) is 41.2 Å². The molecule has 0 spiro atoms. The number of nitrogens with zero attached hydrogens (tertiary/aromatic N) is 1. The van der Waals surface area contributed by atoms with Crippen molar-refractivity contribution >= 4 is 23.2 Å². The Balaban J connectivity index is 1.99. The number of carbonyl (C=O) groups is 2.